The molecular weight excluding hydrogens is 392 g/mol. The summed E-state index contributed by atoms with van der Waals surface area (Å²) in [7, 11) is 0. The molecule has 1 saturated heterocycles. The number of nitrogens with zero attached hydrogens (tertiary/aromatic N) is 3. The molecule has 0 aliphatic carbocycles. The van der Waals surface area contributed by atoms with E-state index in [1.54, 1.807) is 30.5 Å². The molecule has 158 valence electrons. The third-order valence-electron chi connectivity index (χ3n) is 4.42. The predicted octanol–water partition coefficient (Wildman–Crippen LogP) is 3.63. The van der Waals surface area contributed by atoms with E-state index in [9.17, 15) is 8.78 Å². The van der Waals surface area contributed by atoms with Crippen LogP contribution < -0.4 is 15.4 Å². The molecule has 7 nitrogen and oxygen atoms in total. The van der Waals surface area contributed by atoms with E-state index in [0.29, 0.717) is 23.4 Å². The largest absolute Gasteiger partial charge is 0.435 e. The molecule has 1 aliphatic rings. The third-order valence-corrected chi connectivity index (χ3v) is 4.42. The molecule has 0 saturated carbocycles. The quantitative estimate of drug-likeness (QED) is 0.532. The molecule has 2 heterocycles. The Morgan fingerprint density at radius 2 is 2.13 bits per heavy atom. The van der Waals surface area contributed by atoms with Crippen molar-refractivity contribution in [2.24, 2.45) is 10.7 Å². The van der Waals surface area contributed by atoms with Crippen LogP contribution in [0.5, 0.6) is 5.75 Å². The van der Waals surface area contributed by atoms with Gasteiger partial charge in [0.25, 0.3) is 0 Å². The topological polar surface area (TPSA) is 96.8 Å². The molecule has 1 atom stereocenters. The van der Waals surface area contributed by atoms with Crippen molar-refractivity contribution in [3.8, 4) is 5.75 Å². The van der Waals surface area contributed by atoms with Gasteiger partial charge in [0, 0.05) is 37.1 Å². The van der Waals surface area contributed by atoms with Crippen LogP contribution in [0.1, 0.15) is 12.5 Å². The minimum Gasteiger partial charge on any atom is -0.435 e. The van der Waals surface area contributed by atoms with Crippen LogP contribution in [-0.4, -0.2) is 49.4 Å². The number of allylic oxidation sites excluding steroid dienone is 1. The molecule has 2 aromatic rings. The lowest BCUT2D eigenvalue weighted by Crippen LogP contribution is -2.41. The van der Waals surface area contributed by atoms with Gasteiger partial charge in [-0.1, -0.05) is 12.1 Å². The zero-order valence-corrected chi connectivity index (χ0v) is 16.5. The van der Waals surface area contributed by atoms with E-state index in [1.165, 1.54) is 12.1 Å². The van der Waals surface area contributed by atoms with Crippen LogP contribution in [0, 0.1) is 5.41 Å². The highest BCUT2D eigenvalue weighted by Crippen LogP contribution is 2.22. The molecule has 0 radical (unpaired) electrons. The third kappa shape index (κ3) is 5.84. The van der Waals surface area contributed by atoms with Crippen molar-refractivity contribution in [1.29, 1.82) is 5.41 Å². The number of hydrogen-bond donors (Lipinski definition) is 2. The lowest BCUT2D eigenvalue weighted by atomic mass is 10.1. The number of pyridine rings is 1. The summed E-state index contributed by atoms with van der Waals surface area (Å²) in [5.41, 5.74) is 7.81. The first-order valence-corrected chi connectivity index (χ1v) is 9.39. The number of ether oxygens (including phenoxy) is 2. The van der Waals surface area contributed by atoms with Crippen molar-refractivity contribution >= 4 is 29.1 Å². The number of alkyl halides is 2. The minimum absolute atomic E-state index is 0.0430. The van der Waals surface area contributed by atoms with Gasteiger partial charge in [-0.2, -0.15) is 8.78 Å². The van der Waals surface area contributed by atoms with E-state index in [1.807, 2.05) is 13.0 Å². The number of amidine groups is 1. The normalized spacial score (nSPS) is 17.9. The first kappa shape index (κ1) is 21.4. The highest BCUT2D eigenvalue weighted by molar-refractivity contribution is 6.16. The molecular formula is C21H23F2N5O2. The number of hydrogen-bond acceptors (Lipinski definition) is 6. The number of nitrogens with one attached hydrogen (secondary N) is 1. The second-order valence-corrected chi connectivity index (χ2v) is 6.68. The molecule has 3 rings (SSSR count). The van der Waals surface area contributed by atoms with E-state index in [0.717, 1.165) is 25.1 Å². The number of nitrogens with two attached hydrogens (primary N) is 1. The first-order chi connectivity index (χ1) is 14.4. The number of anilines is 1. The Bertz CT molecular complexity index is 931. The fourth-order valence-electron chi connectivity index (χ4n) is 3.05. The summed E-state index contributed by atoms with van der Waals surface area (Å²) in [6.45, 7) is 1.27. The molecule has 0 bridgehead atoms. The summed E-state index contributed by atoms with van der Waals surface area (Å²) < 4.78 is 34.4. The first-order valence-electron chi connectivity index (χ1n) is 9.39. The van der Waals surface area contributed by atoms with Gasteiger partial charge >= 0.3 is 6.61 Å². The monoisotopic (exact) mass is 415 g/mol. The molecule has 3 N–H and O–H groups in total. The van der Waals surface area contributed by atoms with Gasteiger partial charge in [-0.05, 0) is 36.8 Å². The van der Waals surface area contributed by atoms with Crippen molar-refractivity contribution in [3.63, 3.8) is 0 Å². The SMILES string of the molecule is CC1CN(c2cc(N=C(N)/C=C(\C=N)c3ccc(OC(F)F)cc3)ccn2)CCO1. The van der Waals surface area contributed by atoms with E-state index >= 15 is 0 Å². The number of aromatic nitrogens is 1. The zero-order valence-electron chi connectivity index (χ0n) is 16.5. The summed E-state index contributed by atoms with van der Waals surface area (Å²) in [5.74, 6) is 1.04. The van der Waals surface area contributed by atoms with Crippen molar-refractivity contribution in [1.82, 2.24) is 4.98 Å². The summed E-state index contributed by atoms with van der Waals surface area (Å²) in [6, 6.07) is 9.56. The zero-order chi connectivity index (χ0) is 21.5. The molecule has 1 aromatic carbocycles. The molecule has 1 aliphatic heterocycles. The summed E-state index contributed by atoms with van der Waals surface area (Å²) in [6.07, 6.45) is 4.48. The predicted molar refractivity (Wildman–Crippen MR) is 113 cm³/mol. The number of benzene rings is 1. The van der Waals surface area contributed by atoms with Crippen molar-refractivity contribution in [2.45, 2.75) is 19.6 Å². The Labute approximate surface area is 173 Å². The molecule has 30 heavy (non-hydrogen) atoms. The second kappa shape index (κ2) is 9.93. The Morgan fingerprint density at radius 1 is 1.37 bits per heavy atom. The van der Waals surface area contributed by atoms with Crippen molar-refractivity contribution in [3.05, 3.63) is 54.2 Å². The summed E-state index contributed by atoms with van der Waals surface area (Å²) in [4.78, 5) is 10.9. The Hall–Kier alpha value is -3.33. The number of morpholine rings is 1. The smallest absolute Gasteiger partial charge is 0.387 e. The fraction of sp³-hybridized carbons (Fsp3) is 0.286. The molecule has 1 aromatic heterocycles. The van der Waals surface area contributed by atoms with Gasteiger partial charge < -0.3 is 25.5 Å². The van der Waals surface area contributed by atoms with Gasteiger partial charge in [0.1, 0.15) is 17.4 Å². The lowest BCUT2D eigenvalue weighted by Gasteiger charge is -2.32. The van der Waals surface area contributed by atoms with E-state index in [4.69, 9.17) is 15.9 Å². The van der Waals surface area contributed by atoms with Crippen LogP contribution in [0.15, 0.2) is 53.7 Å². The van der Waals surface area contributed by atoms with Crippen LogP contribution >= 0.6 is 0 Å². The van der Waals surface area contributed by atoms with E-state index in [2.05, 4.69) is 19.6 Å². The maximum atomic E-state index is 12.3. The van der Waals surface area contributed by atoms with Crippen LogP contribution in [0.3, 0.4) is 0 Å². The van der Waals surface area contributed by atoms with E-state index < -0.39 is 6.61 Å². The summed E-state index contributed by atoms with van der Waals surface area (Å²) in [5, 5.41) is 7.64. The van der Waals surface area contributed by atoms with Crippen LogP contribution in [-0.2, 0) is 4.74 Å². The molecule has 1 unspecified atom stereocenters. The van der Waals surface area contributed by atoms with Crippen LogP contribution in [0.4, 0.5) is 20.3 Å². The van der Waals surface area contributed by atoms with E-state index in [-0.39, 0.29) is 17.7 Å². The molecule has 9 heteroatoms. The molecule has 0 amide bonds. The van der Waals surface area contributed by atoms with Crippen molar-refractivity contribution in [2.75, 3.05) is 24.6 Å². The Morgan fingerprint density at radius 3 is 2.80 bits per heavy atom. The van der Waals surface area contributed by atoms with Gasteiger partial charge in [-0.3, -0.25) is 0 Å². The molecule has 1 fully saturated rings. The standard InChI is InChI=1S/C21H23F2N5O2/c1-14-13-28(8-9-29-14)20-11-17(6-7-26-20)27-19(25)10-16(12-24)15-2-4-18(5-3-15)30-21(22)23/h2-7,10-12,14,21,24H,8-9,13H2,1H3,(H2,25,26,27)/b16-10+,24-12?. The minimum atomic E-state index is -2.89. The summed E-state index contributed by atoms with van der Waals surface area (Å²) >= 11 is 0. The highest BCUT2D eigenvalue weighted by Gasteiger charge is 2.18. The average molecular weight is 415 g/mol. The van der Waals surface area contributed by atoms with Crippen molar-refractivity contribution < 1.29 is 18.3 Å². The maximum Gasteiger partial charge on any atom is 0.387 e. The fourth-order valence-corrected chi connectivity index (χ4v) is 3.05. The highest BCUT2D eigenvalue weighted by atomic mass is 19.3. The van der Waals surface area contributed by atoms with Crippen LogP contribution in [0.2, 0.25) is 0 Å². The average Bonchev–Trinajstić information content (AvgIpc) is 2.72. The Kier molecular flexibility index (Phi) is 7.08. The Balaban J connectivity index is 1.77. The van der Waals surface area contributed by atoms with Gasteiger partial charge in [0.15, 0.2) is 0 Å². The maximum absolute atomic E-state index is 12.3. The van der Waals surface area contributed by atoms with Gasteiger partial charge in [0.2, 0.25) is 0 Å². The second-order valence-electron chi connectivity index (χ2n) is 6.68. The molecule has 0 spiro atoms. The number of rotatable bonds is 7. The number of aliphatic imine (C=N–C) groups is 1. The van der Waals surface area contributed by atoms with Gasteiger partial charge in [-0.25, -0.2) is 9.98 Å². The lowest BCUT2D eigenvalue weighted by molar-refractivity contribution is -0.0498. The van der Waals surface area contributed by atoms with Crippen LogP contribution in [0.25, 0.3) is 5.57 Å². The van der Waals surface area contributed by atoms with Gasteiger partial charge in [0.05, 0.1) is 18.4 Å². The van der Waals surface area contributed by atoms with Gasteiger partial charge in [-0.15, -0.1) is 0 Å². The number of halogens is 2.